The number of carbonyl (C=O) groups is 1. The number of amides is 1. The van der Waals surface area contributed by atoms with E-state index in [1.54, 1.807) is 30.3 Å². The van der Waals surface area contributed by atoms with Crippen molar-refractivity contribution in [2.24, 2.45) is 0 Å². The van der Waals surface area contributed by atoms with E-state index in [2.05, 4.69) is 26.0 Å². The SMILES string of the molecule is O=C(/C=C/c1ccc(Br)cc1)Nc1cccc(S(=O)(=O)NCc2ccco2)c1. The van der Waals surface area contributed by atoms with E-state index in [-0.39, 0.29) is 17.3 Å². The zero-order valence-electron chi connectivity index (χ0n) is 14.6. The summed E-state index contributed by atoms with van der Waals surface area (Å²) in [6.45, 7) is 0.0435. The van der Waals surface area contributed by atoms with E-state index in [1.807, 2.05) is 24.3 Å². The third-order valence-corrected chi connectivity index (χ3v) is 5.65. The zero-order valence-corrected chi connectivity index (χ0v) is 17.0. The molecule has 0 saturated carbocycles. The second kappa shape index (κ2) is 9.01. The molecule has 3 rings (SSSR count). The van der Waals surface area contributed by atoms with Crippen molar-refractivity contribution in [3.8, 4) is 0 Å². The second-order valence-electron chi connectivity index (χ2n) is 5.81. The summed E-state index contributed by atoms with van der Waals surface area (Å²) in [6, 6.07) is 16.9. The van der Waals surface area contributed by atoms with Crippen molar-refractivity contribution in [2.45, 2.75) is 11.4 Å². The van der Waals surface area contributed by atoms with Gasteiger partial charge in [0.15, 0.2) is 0 Å². The maximum absolute atomic E-state index is 12.4. The minimum atomic E-state index is -3.74. The molecule has 144 valence electrons. The first-order valence-electron chi connectivity index (χ1n) is 8.29. The van der Waals surface area contributed by atoms with Crippen molar-refractivity contribution in [1.82, 2.24) is 4.72 Å². The van der Waals surface area contributed by atoms with Crippen LogP contribution in [0.1, 0.15) is 11.3 Å². The highest BCUT2D eigenvalue weighted by atomic mass is 79.9. The quantitative estimate of drug-likeness (QED) is 0.517. The van der Waals surface area contributed by atoms with Crippen LogP contribution < -0.4 is 10.0 Å². The fourth-order valence-corrected chi connectivity index (χ4v) is 3.64. The molecule has 0 fully saturated rings. The predicted octanol–water partition coefficient (Wildman–Crippen LogP) is 4.17. The first-order chi connectivity index (χ1) is 13.4. The van der Waals surface area contributed by atoms with Gasteiger partial charge in [0.25, 0.3) is 0 Å². The molecule has 0 unspecified atom stereocenters. The van der Waals surface area contributed by atoms with Crippen molar-refractivity contribution in [3.63, 3.8) is 0 Å². The lowest BCUT2D eigenvalue weighted by Crippen LogP contribution is -2.23. The van der Waals surface area contributed by atoms with Crippen LogP contribution in [-0.2, 0) is 21.4 Å². The van der Waals surface area contributed by atoms with Crippen LogP contribution in [0, 0.1) is 0 Å². The van der Waals surface area contributed by atoms with Gasteiger partial charge in [-0.15, -0.1) is 0 Å². The zero-order chi connectivity index (χ0) is 20.0. The fraction of sp³-hybridized carbons (Fsp3) is 0.0500. The summed E-state index contributed by atoms with van der Waals surface area (Å²) in [5.74, 6) is 0.145. The van der Waals surface area contributed by atoms with Crippen molar-refractivity contribution in [3.05, 3.63) is 88.8 Å². The molecule has 0 aliphatic carbocycles. The lowest BCUT2D eigenvalue weighted by atomic mass is 10.2. The fourth-order valence-electron chi connectivity index (χ4n) is 2.33. The maximum atomic E-state index is 12.4. The Labute approximate surface area is 171 Å². The van der Waals surface area contributed by atoms with Crippen molar-refractivity contribution in [1.29, 1.82) is 0 Å². The molecule has 28 heavy (non-hydrogen) atoms. The van der Waals surface area contributed by atoms with Crippen LogP contribution >= 0.6 is 15.9 Å². The molecule has 3 aromatic rings. The minimum absolute atomic E-state index is 0.0435. The number of anilines is 1. The van der Waals surface area contributed by atoms with E-state index in [4.69, 9.17) is 4.42 Å². The molecule has 1 amide bonds. The Morgan fingerprint density at radius 1 is 1.07 bits per heavy atom. The van der Waals surface area contributed by atoms with Gasteiger partial charge in [-0.25, -0.2) is 13.1 Å². The van der Waals surface area contributed by atoms with Gasteiger partial charge in [0.05, 0.1) is 17.7 Å². The largest absolute Gasteiger partial charge is 0.468 e. The van der Waals surface area contributed by atoms with Gasteiger partial charge in [-0.05, 0) is 54.1 Å². The molecule has 0 aliphatic rings. The lowest BCUT2D eigenvalue weighted by molar-refractivity contribution is -0.111. The van der Waals surface area contributed by atoms with Gasteiger partial charge in [0.2, 0.25) is 15.9 Å². The number of carbonyl (C=O) groups excluding carboxylic acids is 1. The maximum Gasteiger partial charge on any atom is 0.248 e. The van der Waals surface area contributed by atoms with Crippen molar-refractivity contribution < 1.29 is 17.6 Å². The molecule has 0 radical (unpaired) electrons. The Kier molecular flexibility index (Phi) is 6.45. The summed E-state index contributed by atoms with van der Waals surface area (Å²) >= 11 is 3.35. The van der Waals surface area contributed by atoms with Crippen molar-refractivity contribution >= 4 is 43.6 Å². The third kappa shape index (κ3) is 5.66. The van der Waals surface area contributed by atoms with Crippen LogP contribution in [0.2, 0.25) is 0 Å². The highest BCUT2D eigenvalue weighted by Crippen LogP contribution is 2.16. The number of benzene rings is 2. The molecule has 0 saturated heterocycles. The monoisotopic (exact) mass is 460 g/mol. The molecular weight excluding hydrogens is 444 g/mol. The van der Waals surface area contributed by atoms with E-state index in [0.717, 1.165) is 10.0 Å². The van der Waals surface area contributed by atoms with E-state index < -0.39 is 10.0 Å². The summed E-state index contributed by atoms with van der Waals surface area (Å²) in [6.07, 6.45) is 4.54. The molecule has 0 spiro atoms. The Morgan fingerprint density at radius 3 is 2.57 bits per heavy atom. The van der Waals surface area contributed by atoms with Crippen LogP contribution in [0.4, 0.5) is 5.69 Å². The van der Waals surface area contributed by atoms with Crippen molar-refractivity contribution in [2.75, 3.05) is 5.32 Å². The molecule has 0 aliphatic heterocycles. The number of hydrogen-bond donors (Lipinski definition) is 2. The van der Waals surface area contributed by atoms with Crippen LogP contribution in [0.5, 0.6) is 0 Å². The molecular formula is C20H17BrN2O4S. The van der Waals surface area contributed by atoms with Gasteiger partial charge in [-0.1, -0.05) is 34.1 Å². The molecule has 0 bridgehead atoms. The van der Waals surface area contributed by atoms with Crippen LogP contribution in [-0.4, -0.2) is 14.3 Å². The van der Waals surface area contributed by atoms with E-state index >= 15 is 0 Å². The smallest absolute Gasteiger partial charge is 0.248 e. The second-order valence-corrected chi connectivity index (χ2v) is 8.49. The van der Waals surface area contributed by atoms with E-state index in [1.165, 1.54) is 24.5 Å². The number of halogens is 1. The highest BCUT2D eigenvalue weighted by Gasteiger charge is 2.15. The van der Waals surface area contributed by atoms with Gasteiger partial charge in [0, 0.05) is 16.2 Å². The van der Waals surface area contributed by atoms with Crippen LogP contribution in [0.15, 0.2) is 86.8 Å². The van der Waals surface area contributed by atoms with Gasteiger partial charge in [0.1, 0.15) is 5.76 Å². The number of nitrogens with one attached hydrogen (secondary N) is 2. The molecule has 1 aromatic heterocycles. The summed E-state index contributed by atoms with van der Waals surface area (Å²) in [5.41, 5.74) is 1.25. The van der Waals surface area contributed by atoms with Gasteiger partial charge < -0.3 is 9.73 Å². The number of hydrogen-bond acceptors (Lipinski definition) is 4. The lowest BCUT2D eigenvalue weighted by Gasteiger charge is -2.08. The molecule has 2 N–H and O–H groups in total. The predicted molar refractivity (Wildman–Crippen MR) is 111 cm³/mol. The molecule has 0 atom stereocenters. The molecule has 8 heteroatoms. The van der Waals surface area contributed by atoms with Gasteiger partial charge in [-0.3, -0.25) is 4.79 Å². The standard InChI is InChI=1S/C20H17BrN2O4S/c21-16-9-6-15(7-10-16)8-11-20(24)23-17-3-1-5-19(13-17)28(25,26)22-14-18-4-2-12-27-18/h1-13,22H,14H2,(H,23,24)/b11-8+. The summed E-state index contributed by atoms with van der Waals surface area (Å²) < 4.78 is 33.4. The topological polar surface area (TPSA) is 88.4 Å². The molecule has 2 aromatic carbocycles. The Morgan fingerprint density at radius 2 is 1.86 bits per heavy atom. The molecule has 1 heterocycles. The summed E-state index contributed by atoms with van der Waals surface area (Å²) in [4.78, 5) is 12.2. The van der Waals surface area contributed by atoms with E-state index in [9.17, 15) is 13.2 Å². The number of rotatable bonds is 7. The van der Waals surface area contributed by atoms with Gasteiger partial charge in [-0.2, -0.15) is 0 Å². The average Bonchev–Trinajstić information content (AvgIpc) is 3.20. The van der Waals surface area contributed by atoms with E-state index in [0.29, 0.717) is 11.4 Å². The average molecular weight is 461 g/mol. The molecule has 6 nitrogen and oxygen atoms in total. The Hall–Kier alpha value is -2.68. The van der Waals surface area contributed by atoms with Gasteiger partial charge >= 0.3 is 0 Å². The third-order valence-electron chi connectivity index (χ3n) is 3.73. The van der Waals surface area contributed by atoms with Crippen LogP contribution in [0.25, 0.3) is 6.08 Å². The number of sulfonamides is 1. The first-order valence-corrected chi connectivity index (χ1v) is 10.6. The Balaban J connectivity index is 1.65. The summed E-state index contributed by atoms with van der Waals surface area (Å²) in [5, 5.41) is 2.66. The number of furan rings is 1. The highest BCUT2D eigenvalue weighted by molar-refractivity contribution is 9.10. The normalized spacial score (nSPS) is 11.6. The summed E-state index contributed by atoms with van der Waals surface area (Å²) in [7, 11) is -3.74. The van der Waals surface area contributed by atoms with Crippen LogP contribution in [0.3, 0.4) is 0 Å². The Bertz CT molecular complexity index is 1080. The minimum Gasteiger partial charge on any atom is -0.468 e. The first kappa shape index (κ1) is 20.1.